The molecule has 0 aliphatic heterocycles. The number of hydrogen-bond donors (Lipinski definition) is 1. The van der Waals surface area contributed by atoms with Crippen LogP contribution in [0.5, 0.6) is 5.75 Å². The van der Waals surface area contributed by atoms with Crippen LogP contribution in [0.4, 0.5) is 0 Å². The van der Waals surface area contributed by atoms with Crippen molar-refractivity contribution < 1.29 is 14.3 Å². The zero-order valence-electron chi connectivity index (χ0n) is 16.8. The molecule has 0 aliphatic rings. The van der Waals surface area contributed by atoms with Crippen molar-refractivity contribution in [1.82, 2.24) is 10.2 Å². The Kier molecular flexibility index (Phi) is 8.80. The molecule has 0 fully saturated rings. The lowest BCUT2D eigenvalue weighted by atomic mass is 10.1. The van der Waals surface area contributed by atoms with Gasteiger partial charge in [-0.25, -0.2) is 0 Å². The number of carbonyl (C=O) groups is 2. The van der Waals surface area contributed by atoms with E-state index in [9.17, 15) is 9.59 Å². The van der Waals surface area contributed by atoms with Crippen molar-refractivity contribution in [1.29, 1.82) is 0 Å². The van der Waals surface area contributed by atoms with E-state index in [0.29, 0.717) is 15.8 Å². The van der Waals surface area contributed by atoms with E-state index in [1.807, 2.05) is 26.0 Å². The summed E-state index contributed by atoms with van der Waals surface area (Å²) in [6.07, 6.45) is 0.809. The van der Waals surface area contributed by atoms with Crippen molar-refractivity contribution in [2.24, 2.45) is 0 Å². The lowest BCUT2D eigenvalue weighted by molar-refractivity contribution is -0.142. The molecule has 29 heavy (non-hydrogen) atoms. The van der Waals surface area contributed by atoms with E-state index in [-0.39, 0.29) is 31.0 Å². The number of carbonyl (C=O) groups excluding carboxylic acids is 2. The third-order valence-electron chi connectivity index (χ3n) is 4.61. The standard InChI is InChI=1S/C22H26Cl2N2O3/c1-4-15(2)25-22(28)16(3)26(13-17-5-7-18(23)8-6-17)21(27)14-29-20-11-9-19(24)10-12-20/h5-12,15-16H,4,13-14H2,1-3H3,(H,25,28)/t15-,16+/m1/s1. The second-order valence-electron chi connectivity index (χ2n) is 6.88. The maximum Gasteiger partial charge on any atom is 0.261 e. The van der Waals surface area contributed by atoms with Crippen molar-refractivity contribution in [2.75, 3.05) is 6.61 Å². The molecule has 0 saturated heterocycles. The molecule has 2 amide bonds. The van der Waals surface area contributed by atoms with Gasteiger partial charge < -0.3 is 15.0 Å². The SMILES string of the molecule is CC[C@@H](C)NC(=O)[C@H](C)N(Cc1ccc(Cl)cc1)C(=O)COc1ccc(Cl)cc1. The minimum Gasteiger partial charge on any atom is -0.484 e. The van der Waals surface area contributed by atoms with Crippen LogP contribution >= 0.6 is 23.2 Å². The molecule has 0 radical (unpaired) electrons. The molecule has 0 unspecified atom stereocenters. The second kappa shape index (κ2) is 11.1. The van der Waals surface area contributed by atoms with Crippen LogP contribution < -0.4 is 10.1 Å². The molecule has 2 atom stereocenters. The summed E-state index contributed by atoms with van der Waals surface area (Å²) in [4.78, 5) is 27.1. The fraction of sp³-hybridized carbons (Fsp3) is 0.364. The van der Waals surface area contributed by atoms with Gasteiger partial charge in [0.2, 0.25) is 5.91 Å². The second-order valence-corrected chi connectivity index (χ2v) is 7.76. The van der Waals surface area contributed by atoms with Gasteiger partial charge in [-0.15, -0.1) is 0 Å². The van der Waals surface area contributed by atoms with Crippen LogP contribution in [0.2, 0.25) is 10.0 Å². The molecule has 5 nitrogen and oxygen atoms in total. The van der Waals surface area contributed by atoms with Crippen LogP contribution in [0.3, 0.4) is 0 Å². The van der Waals surface area contributed by atoms with Crippen LogP contribution in [-0.4, -0.2) is 35.4 Å². The molecule has 156 valence electrons. The van der Waals surface area contributed by atoms with Crippen LogP contribution in [0.1, 0.15) is 32.8 Å². The van der Waals surface area contributed by atoms with Gasteiger partial charge in [-0.1, -0.05) is 42.3 Å². The summed E-state index contributed by atoms with van der Waals surface area (Å²) in [5, 5.41) is 4.13. The van der Waals surface area contributed by atoms with Gasteiger partial charge in [0.15, 0.2) is 6.61 Å². The van der Waals surface area contributed by atoms with Gasteiger partial charge in [0.1, 0.15) is 11.8 Å². The molecule has 2 aromatic rings. The third-order valence-corrected chi connectivity index (χ3v) is 5.11. The van der Waals surface area contributed by atoms with Crippen LogP contribution in [0, 0.1) is 0 Å². The van der Waals surface area contributed by atoms with Crippen molar-refractivity contribution in [2.45, 2.75) is 45.8 Å². The van der Waals surface area contributed by atoms with Gasteiger partial charge in [-0.05, 0) is 62.2 Å². The predicted octanol–water partition coefficient (Wildman–Crippen LogP) is 4.70. The number of hydrogen-bond acceptors (Lipinski definition) is 3. The molecule has 0 aromatic heterocycles. The number of halogens is 2. The molecule has 2 aromatic carbocycles. The summed E-state index contributed by atoms with van der Waals surface area (Å²) < 4.78 is 5.59. The van der Waals surface area contributed by atoms with E-state index in [1.54, 1.807) is 43.3 Å². The summed E-state index contributed by atoms with van der Waals surface area (Å²) >= 11 is 11.8. The number of nitrogens with one attached hydrogen (secondary N) is 1. The maximum absolute atomic E-state index is 12.9. The Labute approximate surface area is 181 Å². The Morgan fingerprint density at radius 1 is 1.00 bits per heavy atom. The van der Waals surface area contributed by atoms with Crippen LogP contribution in [-0.2, 0) is 16.1 Å². The van der Waals surface area contributed by atoms with Gasteiger partial charge in [0.25, 0.3) is 5.91 Å². The molecule has 0 saturated carbocycles. The number of rotatable bonds is 9. The zero-order valence-corrected chi connectivity index (χ0v) is 18.3. The van der Waals surface area contributed by atoms with E-state index < -0.39 is 6.04 Å². The van der Waals surface area contributed by atoms with Crippen LogP contribution in [0.15, 0.2) is 48.5 Å². The van der Waals surface area contributed by atoms with E-state index in [1.165, 1.54) is 4.90 Å². The Balaban J connectivity index is 2.13. The molecule has 0 spiro atoms. The number of ether oxygens (including phenoxy) is 1. The van der Waals surface area contributed by atoms with E-state index in [4.69, 9.17) is 27.9 Å². The van der Waals surface area contributed by atoms with Crippen molar-refractivity contribution in [3.8, 4) is 5.75 Å². The first-order valence-electron chi connectivity index (χ1n) is 9.52. The predicted molar refractivity (Wildman–Crippen MR) is 116 cm³/mol. The quantitative estimate of drug-likeness (QED) is 0.619. The minimum atomic E-state index is -0.652. The number of benzene rings is 2. The van der Waals surface area contributed by atoms with Gasteiger partial charge >= 0.3 is 0 Å². The normalized spacial score (nSPS) is 12.7. The zero-order chi connectivity index (χ0) is 21.4. The highest BCUT2D eigenvalue weighted by molar-refractivity contribution is 6.30. The molecular formula is C22H26Cl2N2O3. The molecule has 0 bridgehead atoms. The van der Waals surface area contributed by atoms with Gasteiger partial charge in [-0.3, -0.25) is 9.59 Å². The number of amides is 2. The summed E-state index contributed by atoms with van der Waals surface area (Å²) in [7, 11) is 0. The maximum atomic E-state index is 12.9. The lowest BCUT2D eigenvalue weighted by Gasteiger charge is -2.29. The minimum absolute atomic E-state index is 0.0303. The van der Waals surface area contributed by atoms with Gasteiger partial charge in [0.05, 0.1) is 0 Å². The average molecular weight is 437 g/mol. The molecule has 1 N–H and O–H groups in total. The summed E-state index contributed by atoms with van der Waals surface area (Å²) in [5.41, 5.74) is 0.873. The largest absolute Gasteiger partial charge is 0.484 e. The smallest absolute Gasteiger partial charge is 0.261 e. The Hall–Kier alpha value is -2.24. The van der Waals surface area contributed by atoms with Crippen molar-refractivity contribution >= 4 is 35.0 Å². The van der Waals surface area contributed by atoms with E-state index in [2.05, 4.69) is 5.32 Å². The average Bonchev–Trinajstić information content (AvgIpc) is 2.72. The molecule has 0 heterocycles. The van der Waals surface area contributed by atoms with Crippen LogP contribution in [0.25, 0.3) is 0 Å². The third kappa shape index (κ3) is 7.26. The van der Waals surface area contributed by atoms with Gasteiger partial charge in [0, 0.05) is 22.6 Å². The molecular weight excluding hydrogens is 411 g/mol. The van der Waals surface area contributed by atoms with Crippen molar-refractivity contribution in [3.05, 3.63) is 64.1 Å². The Morgan fingerprint density at radius 3 is 2.10 bits per heavy atom. The van der Waals surface area contributed by atoms with E-state index >= 15 is 0 Å². The highest BCUT2D eigenvalue weighted by atomic mass is 35.5. The highest BCUT2D eigenvalue weighted by Crippen LogP contribution is 2.17. The fourth-order valence-electron chi connectivity index (χ4n) is 2.59. The first kappa shape index (κ1) is 23.0. The summed E-state index contributed by atoms with van der Waals surface area (Å²) in [6.45, 7) is 5.73. The highest BCUT2D eigenvalue weighted by Gasteiger charge is 2.27. The Bertz CT molecular complexity index is 810. The fourth-order valence-corrected chi connectivity index (χ4v) is 2.85. The van der Waals surface area contributed by atoms with Gasteiger partial charge in [-0.2, -0.15) is 0 Å². The van der Waals surface area contributed by atoms with Crippen molar-refractivity contribution in [3.63, 3.8) is 0 Å². The monoisotopic (exact) mass is 436 g/mol. The number of nitrogens with zero attached hydrogens (tertiary/aromatic N) is 1. The van der Waals surface area contributed by atoms with E-state index in [0.717, 1.165) is 12.0 Å². The first-order valence-corrected chi connectivity index (χ1v) is 10.3. The molecule has 2 rings (SSSR count). The molecule has 0 aliphatic carbocycles. The first-order chi connectivity index (χ1) is 13.8. The molecule has 7 heteroatoms. The topological polar surface area (TPSA) is 58.6 Å². The summed E-state index contributed by atoms with van der Waals surface area (Å²) in [6, 6.07) is 13.3. The lowest BCUT2D eigenvalue weighted by Crippen LogP contribution is -2.50. The summed E-state index contributed by atoms with van der Waals surface area (Å²) in [5.74, 6) is 0.0424. The Morgan fingerprint density at radius 2 is 1.55 bits per heavy atom.